The molecule has 1 unspecified atom stereocenters. The Kier molecular flexibility index (Phi) is 5.89. The number of rotatable bonds is 5. The highest BCUT2D eigenvalue weighted by atomic mass is 32.2. The minimum absolute atomic E-state index is 0.300. The Hall–Kier alpha value is -0.440. The van der Waals surface area contributed by atoms with Gasteiger partial charge in [-0.3, -0.25) is 0 Å². The molecule has 0 saturated heterocycles. The summed E-state index contributed by atoms with van der Waals surface area (Å²) in [6, 6.07) is 0. The number of hydrogen-bond donors (Lipinski definition) is 0. The van der Waals surface area contributed by atoms with Crippen LogP contribution in [0.15, 0.2) is 12.2 Å². The molecule has 3 heteroatoms. The maximum atomic E-state index is 10.9. The SMILES string of the molecule is C=C(C)C(=O)OCSC(C)CC. The Morgan fingerprint density at radius 1 is 1.67 bits per heavy atom. The highest BCUT2D eigenvalue weighted by Crippen LogP contribution is 2.13. The molecule has 0 amide bonds. The Morgan fingerprint density at radius 2 is 2.25 bits per heavy atom. The average molecular weight is 188 g/mol. The lowest BCUT2D eigenvalue weighted by atomic mass is 10.4. The molecule has 2 nitrogen and oxygen atoms in total. The van der Waals surface area contributed by atoms with Crippen molar-refractivity contribution in [2.45, 2.75) is 32.4 Å². The van der Waals surface area contributed by atoms with Crippen molar-refractivity contribution in [2.24, 2.45) is 0 Å². The smallest absolute Gasteiger partial charge is 0.333 e. The summed E-state index contributed by atoms with van der Waals surface area (Å²) in [5, 5.41) is 0.544. The predicted octanol–water partition coefficient (Wildman–Crippen LogP) is 2.59. The topological polar surface area (TPSA) is 26.3 Å². The van der Waals surface area contributed by atoms with Gasteiger partial charge in [0.15, 0.2) is 0 Å². The number of ether oxygens (including phenoxy) is 1. The molecule has 0 spiro atoms. The fraction of sp³-hybridized carbons (Fsp3) is 0.667. The van der Waals surface area contributed by atoms with E-state index in [1.807, 2.05) is 0 Å². The van der Waals surface area contributed by atoms with Crippen LogP contribution in [0.2, 0.25) is 0 Å². The van der Waals surface area contributed by atoms with Crippen LogP contribution in [0, 0.1) is 0 Å². The number of carbonyl (C=O) groups excluding carboxylic acids is 1. The quantitative estimate of drug-likeness (QED) is 0.377. The van der Waals surface area contributed by atoms with Crippen molar-refractivity contribution >= 4 is 17.7 Å². The molecule has 0 fully saturated rings. The van der Waals surface area contributed by atoms with Crippen LogP contribution >= 0.6 is 11.8 Å². The van der Waals surface area contributed by atoms with Crippen LogP contribution in [0.1, 0.15) is 27.2 Å². The van der Waals surface area contributed by atoms with Gasteiger partial charge in [-0.05, 0) is 13.3 Å². The highest BCUT2D eigenvalue weighted by molar-refractivity contribution is 7.99. The first-order chi connectivity index (χ1) is 5.57. The Bertz CT molecular complexity index is 166. The van der Waals surface area contributed by atoms with Crippen LogP contribution in [0.3, 0.4) is 0 Å². The summed E-state index contributed by atoms with van der Waals surface area (Å²) in [4.78, 5) is 10.9. The van der Waals surface area contributed by atoms with E-state index in [0.29, 0.717) is 16.8 Å². The van der Waals surface area contributed by atoms with Crippen molar-refractivity contribution in [3.63, 3.8) is 0 Å². The van der Waals surface area contributed by atoms with Crippen molar-refractivity contribution in [1.29, 1.82) is 0 Å². The summed E-state index contributed by atoms with van der Waals surface area (Å²) in [6.07, 6.45) is 1.09. The second kappa shape index (κ2) is 6.12. The van der Waals surface area contributed by atoms with E-state index in [4.69, 9.17) is 4.74 Å². The minimum atomic E-state index is -0.300. The zero-order valence-electron chi connectivity index (χ0n) is 7.92. The van der Waals surface area contributed by atoms with Gasteiger partial charge in [-0.25, -0.2) is 4.79 Å². The van der Waals surface area contributed by atoms with Crippen LogP contribution in [0.5, 0.6) is 0 Å². The maximum Gasteiger partial charge on any atom is 0.333 e. The normalized spacial score (nSPS) is 12.2. The molecule has 0 aromatic carbocycles. The standard InChI is InChI=1S/C9H16O2S/c1-5-8(4)12-6-11-9(10)7(2)3/h8H,2,5-6H2,1,3-4H3. The molecule has 0 aliphatic carbocycles. The van der Waals surface area contributed by atoms with Crippen LogP contribution in [0.4, 0.5) is 0 Å². The fourth-order valence-electron chi connectivity index (χ4n) is 0.445. The maximum absolute atomic E-state index is 10.9. The van der Waals surface area contributed by atoms with E-state index in [2.05, 4.69) is 20.4 Å². The van der Waals surface area contributed by atoms with Crippen molar-refractivity contribution in [1.82, 2.24) is 0 Å². The molecule has 0 saturated carbocycles. The molecule has 0 aliphatic rings. The molecule has 0 radical (unpaired) electrons. The lowest BCUT2D eigenvalue weighted by Gasteiger charge is -2.08. The molecule has 0 bridgehead atoms. The van der Waals surface area contributed by atoms with Gasteiger partial charge in [-0.2, -0.15) is 0 Å². The molecule has 0 heterocycles. The molecular formula is C9H16O2S. The molecule has 0 aliphatic heterocycles. The van der Waals surface area contributed by atoms with Crippen LogP contribution in [0.25, 0.3) is 0 Å². The summed E-state index contributed by atoms with van der Waals surface area (Å²) in [7, 11) is 0. The summed E-state index contributed by atoms with van der Waals surface area (Å²) in [5.74, 6) is 0.131. The monoisotopic (exact) mass is 188 g/mol. The van der Waals surface area contributed by atoms with Crippen LogP contribution in [-0.2, 0) is 9.53 Å². The van der Waals surface area contributed by atoms with E-state index >= 15 is 0 Å². The highest BCUT2D eigenvalue weighted by Gasteiger charge is 2.04. The zero-order valence-corrected chi connectivity index (χ0v) is 8.74. The van der Waals surface area contributed by atoms with Gasteiger partial charge >= 0.3 is 5.97 Å². The lowest BCUT2D eigenvalue weighted by Crippen LogP contribution is -2.06. The van der Waals surface area contributed by atoms with Gasteiger partial charge in [-0.15, -0.1) is 11.8 Å². The van der Waals surface area contributed by atoms with E-state index in [1.54, 1.807) is 18.7 Å². The van der Waals surface area contributed by atoms with Gasteiger partial charge in [0.1, 0.15) is 5.94 Å². The zero-order chi connectivity index (χ0) is 9.56. The van der Waals surface area contributed by atoms with E-state index in [-0.39, 0.29) is 5.97 Å². The van der Waals surface area contributed by atoms with Crippen molar-refractivity contribution < 1.29 is 9.53 Å². The summed E-state index contributed by atoms with van der Waals surface area (Å²) < 4.78 is 4.90. The second-order valence-corrected chi connectivity index (χ2v) is 4.09. The van der Waals surface area contributed by atoms with Gasteiger partial charge in [-0.1, -0.05) is 20.4 Å². The predicted molar refractivity (Wildman–Crippen MR) is 53.1 cm³/mol. The molecule has 1 atom stereocenters. The van der Waals surface area contributed by atoms with E-state index in [9.17, 15) is 4.79 Å². The van der Waals surface area contributed by atoms with Gasteiger partial charge in [0, 0.05) is 10.8 Å². The Balaban J connectivity index is 3.44. The van der Waals surface area contributed by atoms with Crippen LogP contribution < -0.4 is 0 Å². The second-order valence-electron chi connectivity index (χ2n) is 2.72. The molecule has 0 rings (SSSR count). The Labute approximate surface area is 78.4 Å². The number of esters is 1. The molecular weight excluding hydrogens is 172 g/mol. The number of thioether (sulfide) groups is 1. The van der Waals surface area contributed by atoms with E-state index in [0.717, 1.165) is 6.42 Å². The Morgan fingerprint density at radius 3 is 2.67 bits per heavy atom. The van der Waals surface area contributed by atoms with E-state index in [1.165, 1.54) is 0 Å². The number of carbonyl (C=O) groups is 1. The van der Waals surface area contributed by atoms with Crippen LogP contribution in [-0.4, -0.2) is 17.2 Å². The van der Waals surface area contributed by atoms with Gasteiger partial charge in [0.2, 0.25) is 0 Å². The fourth-order valence-corrected chi connectivity index (χ4v) is 1.09. The molecule has 70 valence electrons. The first kappa shape index (κ1) is 11.6. The number of hydrogen-bond acceptors (Lipinski definition) is 3. The third-order valence-electron chi connectivity index (χ3n) is 1.47. The van der Waals surface area contributed by atoms with E-state index < -0.39 is 0 Å². The molecule has 0 N–H and O–H groups in total. The van der Waals surface area contributed by atoms with Crippen molar-refractivity contribution in [3.8, 4) is 0 Å². The van der Waals surface area contributed by atoms with Crippen molar-refractivity contribution in [2.75, 3.05) is 5.94 Å². The summed E-state index contributed by atoms with van der Waals surface area (Å²) in [6.45, 7) is 9.36. The van der Waals surface area contributed by atoms with Gasteiger partial charge < -0.3 is 4.74 Å². The molecule has 0 aromatic rings. The third kappa shape index (κ3) is 5.24. The first-order valence-corrected chi connectivity index (χ1v) is 5.07. The largest absolute Gasteiger partial charge is 0.451 e. The summed E-state index contributed by atoms with van der Waals surface area (Å²) >= 11 is 1.64. The first-order valence-electron chi connectivity index (χ1n) is 4.02. The van der Waals surface area contributed by atoms with Gasteiger partial charge in [0.05, 0.1) is 0 Å². The average Bonchev–Trinajstić information content (AvgIpc) is 2.03. The molecule has 0 aromatic heterocycles. The van der Waals surface area contributed by atoms with Crippen molar-refractivity contribution in [3.05, 3.63) is 12.2 Å². The third-order valence-corrected chi connectivity index (χ3v) is 2.62. The lowest BCUT2D eigenvalue weighted by molar-refractivity contribution is -0.136. The van der Waals surface area contributed by atoms with Gasteiger partial charge in [0.25, 0.3) is 0 Å². The minimum Gasteiger partial charge on any atom is -0.451 e. The summed E-state index contributed by atoms with van der Waals surface area (Å²) in [5.41, 5.74) is 0.458. The molecule has 12 heavy (non-hydrogen) atoms.